The Bertz CT molecular complexity index is 704. The summed E-state index contributed by atoms with van der Waals surface area (Å²) in [5.74, 6) is 0.0221. The number of benzene rings is 1. The van der Waals surface area contributed by atoms with Crippen LogP contribution in [-0.4, -0.2) is 14.5 Å². The highest BCUT2D eigenvalue weighted by Gasteiger charge is 2.20. The third-order valence-corrected chi connectivity index (χ3v) is 4.68. The van der Waals surface area contributed by atoms with E-state index in [1.807, 2.05) is 0 Å². The molecule has 1 heterocycles. The summed E-state index contributed by atoms with van der Waals surface area (Å²) in [5.41, 5.74) is 5.95. The second-order valence-electron chi connectivity index (χ2n) is 4.93. The summed E-state index contributed by atoms with van der Waals surface area (Å²) in [5, 5.41) is 0. The van der Waals surface area contributed by atoms with Crippen molar-refractivity contribution in [1.82, 2.24) is 4.72 Å². The summed E-state index contributed by atoms with van der Waals surface area (Å²) in [6.45, 7) is 3.20. The third-order valence-electron chi connectivity index (χ3n) is 3.11. The van der Waals surface area contributed by atoms with Crippen molar-refractivity contribution < 1.29 is 17.2 Å². The van der Waals surface area contributed by atoms with E-state index < -0.39 is 21.9 Å². The minimum Gasteiger partial charge on any atom is -0.469 e. The normalized spacial score (nSPS) is 13.3. The highest BCUT2D eigenvalue weighted by Crippen LogP contribution is 2.21. The van der Waals surface area contributed by atoms with E-state index in [9.17, 15) is 12.8 Å². The lowest BCUT2D eigenvalue weighted by atomic mass is 10.2. The first-order chi connectivity index (χ1) is 9.79. The monoisotopic (exact) mass is 312 g/mol. The predicted octanol–water partition coefficient (Wildman–Crippen LogP) is 2.22. The van der Waals surface area contributed by atoms with Crippen molar-refractivity contribution in [2.24, 2.45) is 0 Å². The lowest BCUT2D eigenvalue weighted by Gasteiger charge is -2.14. The number of nitrogens with two attached hydrogens (primary N) is 1. The Hall–Kier alpha value is -1.86. The first kappa shape index (κ1) is 15.5. The minimum atomic E-state index is -3.84. The smallest absolute Gasteiger partial charge is 0.241 e. The SMILES string of the molecule is Cc1c(N)cc(S(=O)(=O)NC(C)Cc2ccco2)cc1F. The van der Waals surface area contributed by atoms with E-state index in [1.165, 1.54) is 19.3 Å². The molecule has 21 heavy (non-hydrogen) atoms. The van der Waals surface area contributed by atoms with Crippen LogP contribution in [0, 0.1) is 12.7 Å². The highest BCUT2D eigenvalue weighted by molar-refractivity contribution is 7.89. The van der Waals surface area contributed by atoms with E-state index in [0.717, 1.165) is 6.07 Å². The molecule has 2 aromatic rings. The molecular weight excluding hydrogens is 295 g/mol. The first-order valence-electron chi connectivity index (χ1n) is 6.40. The fourth-order valence-corrected chi connectivity index (χ4v) is 3.22. The summed E-state index contributed by atoms with van der Waals surface area (Å²) in [4.78, 5) is -0.186. The number of hydrogen-bond acceptors (Lipinski definition) is 4. The van der Waals surface area contributed by atoms with Gasteiger partial charge in [-0.25, -0.2) is 17.5 Å². The van der Waals surface area contributed by atoms with Crippen LogP contribution in [0.2, 0.25) is 0 Å². The van der Waals surface area contributed by atoms with Crippen LogP contribution in [0.5, 0.6) is 0 Å². The van der Waals surface area contributed by atoms with Crippen molar-refractivity contribution in [2.75, 3.05) is 5.73 Å². The largest absolute Gasteiger partial charge is 0.469 e. The second-order valence-corrected chi connectivity index (χ2v) is 6.64. The molecule has 0 saturated heterocycles. The maximum atomic E-state index is 13.6. The summed E-state index contributed by atoms with van der Waals surface area (Å²) < 4.78 is 45.7. The van der Waals surface area contributed by atoms with Crippen molar-refractivity contribution in [2.45, 2.75) is 31.2 Å². The van der Waals surface area contributed by atoms with Gasteiger partial charge in [-0.15, -0.1) is 0 Å². The van der Waals surface area contributed by atoms with E-state index in [-0.39, 0.29) is 16.1 Å². The molecule has 1 aromatic carbocycles. The quantitative estimate of drug-likeness (QED) is 0.829. The summed E-state index contributed by atoms with van der Waals surface area (Å²) >= 11 is 0. The molecule has 7 heteroatoms. The number of rotatable bonds is 5. The fraction of sp³-hybridized carbons (Fsp3) is 0.286. The van der Waals surface area contributed by atoms with Crippen molar-refractivity contribution in [1.29, 1.82) is 0 Å². The molecule has 1 aromatic heterocycles. The molecule has 1 atom stereocenters. The van der Waals surface area contributed by atoms with Gasteiger partial charge in [0.1, 0.15) is 11.6 Å². The maximum Gasteiger partial charge on any atom is 0.241 e. The Balaban J connectivity index is 2.18. The van der Waals surface area contributed by atoms with Crippen molar-refractivity contribution in [3.63, 3.8) is 0 Å². The average Bonchev–Trinajstić information content (AvgIpc) is 2.87. The van der Waals surface area contributed by atoms with Crippen LogP contribution in [0.1, 0.15) is 18.2 Å². The molecule has 0 amide bonds. The van der Waals surface area contributed by atoms with Crippen molar-refractivity contribution in [3.8, 4) is 0 Å². The Morgan fingerprint density at radius 3 is 2.71 bits per heavy atom. The number of halogens is 1. The molecule has 0 bridgehead atoms. The van der Waals surface area contributed by atoms with E-state index in [1.54, 1.807) is 19.1 Å². The topological polar surface area (TPSA) is 85.3 Å². The van der Waals surface area contributed by atoms with Gasteiger partial charge in [-0.1, -0.05) is 0 Å². The molecule has 0 radical (unpaired) electrons. The van der Waals surface area contributed by atoms with E-state index in [4.69, 9.17) is 10.2 Å². The third kappa shape index (κ3) is 3.62. The van der Waals surface area contributed by atoms with Crippen molar-refractivity contribution >= 4 is 15.7 Å². The Labute approximate surface area is 123 Å². The standard InChI is InChI=1S/C14H17FN2O3S/c1-9(6-11-4-3-5-20-11)17-21(18,19)12-7-13(15)10(2)14(16)8-12/h3-5,7-9,17H,6,16H2,1-2H3. The minimum absolute atomic E-state index is 0.106. The van der Waals surface area contributed by atoms with Crippen LogP contribution >= 0.6 is 0 Å². The van der Waals surface area contributed by atoms with Gasteiger partial charge < -0.3 is 10.2 Å². The molecule has 114 valence electrons. The van der Waals surface area contributed by atoms with Gasteiger partial charge in [-0.3, -0.25) is 0 Å². The molecule has 5 nitrogen and oxygen atoms in total. The van der Waals surface area contributed by atoms with Gasteiger partial charge in [-0.05, 0) is 38.1 Å². The molecular formula is C14H17FN2O3S. The van der Waals surface area contributed by atoms with Crippen LogP contribution in [-0.2, 0) is 16.4 Å². The van der Waals surface area contributed by atoms with Crippen LogP contribution in [0.4, 0.5) is 10.1 Å². The van der Waals surface area contributed by atoms with Gasteiger partial charge in [-0.2, -0.15) is 0 Å². The number of furan rings is 1. The zero-order valence-electron chi connectivity index (χ0n) is 11.8. The summed E-state index contributed by atoms with van der Waals surface area (Å²) in [7, 11) is -3.84. The number of anilines is 1. The van der Waals surface area contributed by atoms with E-state index >= 15 is 0 Å². The van der Waals surface area contributed by atoms with Gasteiger partial charge >= 0.3 is 0 Å². The average molecular weight is 312 g/mol. The van der Waals surface area contributed by atoms with E-state index in [0.29, 0.717) is 12.2 Å². The molecule has 0 saturated carbocycles. The lowest BCUT2D eigenvalue weighted by Crippen LogP contribution is -2.34. The molecule has 1 unspecified atom stereocenters. The number of nitrogens with one attached hydrogen (secondary N) is 1. The molecule has 0 aliphatic rings. The highest BCUT2D eigenvalue weighted by atomic mass is 32.2. The van der Waals surface area contributed by atoms with Gasteiger partial charge in [0.05, 0.1) is 11.2 Å². The summed E-state index contributed by atoms with van der Waals surface area (Å²) in [6.07, 6.45) is 1.92. The van der Waals surface area contributed by atoms with Crippen LogP contribution < -0.4 is 10.5 Å². The predicted molar refractivity (Wildman–Crippen MR) is 77.7 cm³/mol. The number of sulfonamides is 1. The number of hydrogen-bond donors (Lipinski definition) is 2. The summed E-state index contributed by atoms with van der Waals surface area (Å²) in [6, 6.07) is 5.31. The molecule has 0 spiro atoms. The van der Waals surface area contributed by atoms with Gasteiger partial charge in [0, 0.05) is 23.7 Å². The Morgan fingerprint density at radius 2 is 2.14 bits per heavy atom. The van der Waals surface area contributed by atoms with E-state index in [2.05, 4.69) is 4.72 Å². The zero-order chi connectivity index (χ0) is 15.6. The molecule has 0 fully saturated rings. The first-order valence-corrected chi connectivity index (χ1v) is 7.88. The Morgan fingerprint density at radius 1 is 1.43 bits per heavy atom. The van der Waals surface area contributed by atoms with Crippen LogP contribution in [0.25, 0.3) is 0 Å². The molecule has 3 N–H and O–H groups in total. The van der Waals surface area contributed by atoms with Crippen LogP contribution in [0.3, 0.4) is 0 Å². The van der Waals surface area contributed by atoms with Gasteiger partial charge in [0.15, 0.2) is 0 Å². The molecule has 2 rings (SSSR count). The second kappa shape index (κ2) is 5.87. The Kier molecular flexibility index (Phi) is 4.34. The zero-order valence-corrected chi connectivity index (χ0v) is 12.6. The fourth-order valence-electron chi connectivity index (χ4n) is 1.93. The molecule has 0 aliphatic carbocycles. The maximum absolute atomic E-state index is 13.6. The molecule has 0 aliphatic heterocycles. The van der Waals surface area contributed by atoms with Gasteiger partial charge in [0.2, 0.25) is 10.0 Å². The van der Waals surface area contributed by atoms with Gasteiger partial charge in [0.25, 0.3) is 0 Å². The van der Waals surface area contributed by atoms with Crippen molar-refractivity contribution in [3.05, 3.63) is 47.7 Å². The number of nitrogen functional groups attached to an aromatic ring is 1. The lowest BCUT2D eigenvalue weighted by molar-refractivity contribution is 0.479. The van der Waals surface area contributed by atoms with Crippen LogP contribution in [0.15, 0.2) is 39.8 Å².